The van der Waals surface area contributed by atoms with E-state index < -0.39 is 10.0 Å². The SMILES string of the molecule is COc1ccccc1-n1cccc1[C@H]1[C@H](c2ccccn2)NC(=S)N1c1ccc(NS(C)(=O)=O)cc1. The lowest BCUT2D eigenvalue weighted by atomic mass is 10.0. The van der Waals surface area contributed by atoms with Crippen LogP contribution in [0.2, 0.25) is 0 Å². The Hall–Kier alpha value is -3.89. The van der Waals surface area contributed by atoms with Gasteiger partial charge in [-0.15, -0.1) is 0 Å². The molecular weight excluding hydrogens is 494 g/mol. The second-order valence-electron chi connectivity index (χ2n) is 8.39. The van der Waals surface area contributed by atoms with Crippen LogP contribution < -0.4 is 19.7 Å². The summed E-state index contributed by atoms with van der Waals surface area (Å²) in [5.41, 5.74) is 4.05. The van der Waals surface area contributed by atoms with Crippen LogP contribution in [0.25, 0.3) is 5.69 Å². The van der Waals surface area contributed by atoms with Crippen LogP contribution in [0.15, 0.2) is 91.3 Å². The smallest absolute Gasteiger partial charge is 0.229 e. The van der Waals surface area contributed by atoms with Crippen LogP contribution in [0.4, 0.5) is 11.4 Å². The summed E-state index contributed by atoms with van der Waals surface area (Å²) in [6, 6.07) is 24.4. The van der Waals surface area contributed by atoms with Crippen LogP contribution in [-0.4, -0.2) is 36.4 Å². The first kappa shape index (κ1) is 23.8. The predicted octanol–water partition coefficient (Wildman–Crippen LogP) is 4.43. The Balaban J connectivity index is 1.62. The summed E-state index contributed by atoms with van der Waals surface area (Å²) in [5, 5.41) is 4.00. The molecule has 0 unspecified atom stereocenters. The lowest BCUT2D eigenvalue weighted by Gasteiger charge is -2.29. The molecule has 2 aromatic heterocycles. The number of para-hydroxylation sites is 2. The highest BCUT2D eigenvalue weighted by atomic mass is 32.2. The van der Waals surface area contributed by atoms with Gasteiger partial charge in [0.1, 0.15) is 11.8 Å². The van der Waals surface area contributed by atoms with Crippen LogP contribution in [0.5, 0.6) is 5.75 Å². The highest BCUT2D eigenvalue weighted by Gasteiger charge is 2.42. The van der Waals surface area contributed by atoms with Crippen LogP contribution in [0.3, 0.4) is 0 Å². The molecule has 0 saturated carbocycles. The molecule has 1 aliphatic heterocycles. The van der Waals surface area contributed by atoms with Crippen molar-refractivity contribution in [3.05, 3.63) is 103 Å². The molecule has 2 N–H and O–H groups in total. The third-order valence-corrected chi connectivity index (χ3v) is 6.90. The van der Waals surface area contributed by atoms with Gasteiger partial charge >= 0.3 is 0 Å². The van der Waals surface area contributed by atoms with Crippen LogP contribution in [0.1, 0.15) is 23.5 Å². The van der Waals surface area contributed by atoms with Gasteiger partial charge in [-0.25, -0.2) is 8.42 Å². The zero-order valence-corrected chi connectivity index (χ0v) is 21.3. The fourth-order valence-corrected chi connectivity index (χ4v) is 5.43. The third-order valence-electron chi connectivity index (χ3n) is 5.97. The van der Waals surface area contributed by atoms with E-state index in [0.29, 0.717) is 10.8 Å². The predicted molar refractivity (Wildman–Crippen MR) is 145 cm³/mol. The fraction of sp³-hybridized carbons (Fsp3) is 0.154. The number of anilines is 2. The summed E-state index contributed by atoms with van der Waals surface area (Å²) < 4.78 is 33.5. The number of aromatic nitrogens is 2. The van der Waals surface area contributed by atoms with Gasteiger partial charge in [0.05, 0.1) is 30.8 Å². The molecule has 0 bridgehead atoms. The molecule has 5 rings (SSSR count). The Labute approximate surface area is 215 Å². The monoisotopic (exact) mass is 519 g/mol. The van der Waals surface area contributed by atoms with Crippen molar-refractivity contribution in [2.45, 2.75) is 12.1 Å². The van der Waals surface area contributed by atoms with E-state index in [0.717, 1.165) is 34.8 Å². The number of pyridine rings is 1. The molecule has 0 amide bonds. The summed E-state index contributed by atoms with van der Waals surface area (Å²) in [5.74, 6) is 0.751. The van der Waals surface area contributed by atoms with E-state index in [1.165, 1.54) is 0 Å². The van der Waals surface area contributed by atoms with Gasteiger partial charge < -0.3 is 19.5 Å². The molecule has 2 atom stereocenters. The molecule has 0 spiro atoms. The van der Waals surface area contributed by atoms with E-state index in [4.69, 9.17) is 17.0 Å². The van der Waals surface area contributed by atoms with Gasteiger partial charge in [0.25, 0.3) is 0 Å². The van der Waals surface area contributed by atoms with Crippen LogP contribution in [0, 0.1) is 0 Å². The standard InChI is InChI=1S/C26H25N5O3S2/c1-34-23-11-4-3-9-21(23)30-17-7-10-22(30)25-24(20-8-5-6-16-27-20)28-26(35)31(25)19-14-12-18(13-15-19)29-36(2,32)33/h3-17,24-25,29H,1-2H3,(H,28,35)/t24-,25-/m0/s1. The number of nitrogens with one attached hydrogen (secondary N) is 2. The molecule has 1 saturated heterocycles. The van der Waals surface area contributed by atoms with E-state index in [-0.39, 0.29) is 12.1 Å². The summed E-state index contributed by atoms with van der Waals surface area (Å²) >= 11 is 5.82. The molecule has 1 fully saturated rings. The second kappa shape index (κ2) is 9.63. The first-order chi connectivity index (χ1) is 17.4. The lowest BCUT2D eigenvalue weighted by molar-refractivity contribution is 0.412. The molecule has 36 heavy (non-hydrogen) atoms. The van der Waals surface area contributed by atoms with E-state index in [1.54, 1.807) is 25.4 Å². The maximum Gasteiger partial charge on any atom is 0.229 e. The van der Waals surface area contributed by atoms with E-state index >= 15 is 0 Å². The second-order valence-corrected chi connectivity index (χ2v) is 10.5. The average molecular weight is 520 g/mol. The zero-order valence-electron chi connectivity index (χ0n) is 19.7. The highest BCUT2D eigenvalue weighted by molar-refractivity contribution is 7.92. The molecule has 0 radical (unpaired) electrons. The van der Waals surface area contributed by atoms with Gasteiger partial charge in [-0.3, -0.25) is 9.71 Å². The van der Waals surface area contributed by atoms with Crippen molar-refractivity contribution < 1.29 is 13.2 Å². The molecule has 8 nitrogen and oxygen atoms in total. The molecule has 0 aliphatic carbocycles. The van der Waals surface area contributed by atoms with E-state index in [9.17, 15) is 8.42 Å². The number of hydrogen-bond donors (Lipinski definition) is 2. The molecule has 2 aromatic carbocycles. The molecule has 3 heterocycles. The quantitative estimate of drug-likeness (QED) is 0.349. The average Bonchev–Trinajstić information content (AvgIpc) is 3.48. The topological polar surface area (TPSA) is 88.5 Å². The Kier molecular flexibility index (Phi) is 6.38. The Morgan fingerprint density at radius 1 is 1.00 bits per heavy atom. The largest absolute Gasteiger partial charge is 0.495 e. The van der Waals surface area contributed by atoms with E-state index in [1.807, 2.05) is 71.8 Å². The van der Waals surface area contributed by atoms with Crippen LogP contribution in [-0.2, 0) is 10.0 Å². The minimum atomic E-state index is -3.38. The van der Waals surface area contributed by atoms with Crippen molar-refractivity contribution in [2.75, 3.05) is 23.0 Å². The van der Waals surface area contributed by atoms with Gasteiger partial charge in [0.15, 0.2) is 5.11 Å². The van der Waals surface area contributed by atoms with Crippen molar-refractivity contribution in [3.8, 4) is 11.4 Å². The molecule has 184 valence electrons. The highest BCUT2D eigenvalue weighted by Crippen LogP contribution is 2.43. The summed E-state index contributed by atoms with van der Waals surface area (Å²) in [6.45, 7) is 0. The molecule has 4 aromatic rings. The van der Waals surface area contributed by atoms with Gasteiger partial charge in [0, 0.05) is 29.5 Å². The number of methoxy groups -OCH3 is 1. The normalized spacial score (nSPS) is 17.6. The van der Waals surface area contributed by atoms with Crippen LogP contribution >= 0.6 is 12.2 Å². The van der Waals surface area contributed by atoms with Crippen molar-refractivity contribution in [2.24, 2.45) is 0 Å². The molecule has 10 heteroatoms. The van der Waals surface area contributed by atoms with Crippen molar-refractivity contribution in [3.63, 3.8) is 0 Å². The Bertz CT molecular complexity index is 1490. The molecular formula is C26H25N5O3S2. The van der Waals surface area contributed by atoms with Gasteiger partial charge in [-0.2, -0.15) is 0 Å². The minimum Gasteiger partial charge on any atom is -0.495 e. The zero-order chi connectivity index (χ0) is 25.3. The van der Waals surface area contributed by atoms with Crippen molar-refractivity contribution in [1.82, 2.24) is 14.9 Å². The number of rotatable bonds is 7. The fourth-order valence-electron chi connectivity index (χ4n) is 4.52. The summed E-state index contributed by atoms with van der Waals surface area (Å²) in [6.07, 6.45) is 4.89. The number of nitrogens with zero attached hydrogens (tertiary/aromatic N) is 3. The van der Waals surface area contributed by atoms with E-state index in [2.05, 4.69) is 25.7 Å². The molecule has 1 aliphatic rings. The number of ether oxygens (including phenoxy) is 1. The maximum atomic E-state index is 11.7. The Morgan fingerprint density at radius 2 is 1.75 bits per heavy atom. The number of sulfonamides is 1. The number of hydrogen-bond acceptors (Lipinski definition) is 5. The maximum absolute atomic E-state index is 11.7. The lowest BCUT2D eigenvalue weighted by Crippen LogP contribution is -2.30. The van der Waals surface area contributed by atoms with Crippen molar-refractivity contribution >= 4 is 38.7 Å². The van der Waals surface area contributed by atoms with Crippen molar-refractivity contribution in [1.29, 1.82) is 0 Å². The first-order valence-electron chi connectivity index (χ1n) is 11.2. The number of benzene rings is 2. The minimum absolute atomic E-state index is 0.226. The summed E-state index contributed by atoms with van der Waals surface area (Å²) in [4.78, 5) is 6.66. The first-order valence-corrected chi connectivity index (χ1v) is 13.5. The van der Waals surface area contributed by atoms with Gasteiger partial charge in [-0.05, 0) is 72.9 Å². The van der Waals surface area contributed by atoms with Gasteiger partial charge in [-0.1, -0.05) is 18.2 Å². The summed E-state index contributed by atoms with van der Waals surface area (Å²) in [7, 11) is -1.72. The van der Waals surface area contributed by atoms with Gasteiger partial charge in [0.2, 0.25) is 10.0 Å². The Morgan fingerprint density at radius 3 is 2.44 bits per heavy atom. The number of thiocarbonyl (C=S) groups is 1. The third kappa shape index (κ3) is 4.65.